The number of unbranched alkanes of at least 4 members (excludes halogenated alkanes) is 1. The van der Waals surface area contributed by atoms with Crippen molar-refractivity contribution in [1.82, 2.24) is 5.32 Å². The first-order valence-corrected chi connectivity index (χ1v) is 9.61. The third-order valence-corrected chi connectivity index (χ3v) is 4.43. The molecule has 0 spiro atoms. The smallest absolute Gasteiger partial charge is 0.251 e. The Kier molecular flexibility index (Phi) is 8.27. The van der Waals surface area contributed by atoms with Crippen molar-refractivity contribution in [2.24, 2.45) is 0 Å². The molecule has 29 heavy (non-hydrogen) atoms. The summed E-state index contributed by atoms with van der Waals surface area (Å²) in [6.07, 6.45) is 5.18. The minimum absolute atomic E-state index is 0.192. The second-order valence-corrected chi connectivity index (χ2v) is 6.49. The highest BCUT2D eigenvalue weighted by Crippen LogP contribution is 2.28. The third-order valence-electron chi connectivity index (χ3n) is 4.43. The van der Waals surface area contributed by atoms with Gasteiger partial charge in [0.15, 0.2) is 11.5 Å². The SMILES string of the molecule is CCCCOc1ccc(C=CC(=O)Nc2cccc(C(=O)NC)c2C)cc1OC. The van der Waals surface area contributed by atoms with E-state index in [2.05, 4.69) is 17.6 Å². The molecule has 0 unspecified atom stereocenters. The summed E-state index contributed by atoms with van der Waals surface area (Å²) in [6, 6.07) is 10.7. The van der Waals surface area contributed by atoms with Gasteiger partial charge in [-0.15, -0.1) is 0 Å². The van der Waals surface area contributed by atoms with E-state index in [1.54, 1.807) is 45.4 Å². The van der Waals surface area contributed by atoms with E-state index in [0.29, 0.717) is 34.9 Å². The zero-order valence-corrected chi connectivity index (χ0v) is 17.4. The summed E-state index contributed by atoms with van der Waals surface area (Å²) in [7, 11) is 3.16. The second kappa shape index (κ2) is 10.9. The van der Waals surface area contributed by atoms with Crippen LogP contribution in [0.4, 0.5) is 5.69 Å². The Bertz CT molecular complexity index is 890. The Morgan fingerprint density at radius 3 is 2.62 bits per heavy atom. The van der Waals surface area contributed by atoms with Crippen LogP contribution in [0, 0.1) is 6.92 Å². The van der Waals surface area contributed by atoms with Crippen LogP contribution in [0.5, 0.6) is 11.5 Å². The van der Waals surface area contributed by atoms with Gasteiger partial charge in [0.1, 0.15) is 0 Å². The minimum atomic E-state index is -0.288. The number of hydrogen-bond acceptors (Lipinski definition) is 4. The second-order valence-electron chi connectivity index (χ2n) is 6.49. The average molecular weight is 396 g/mol. The Morgan fingerprint density at radius 2 is 1.93 bits per heavy atom. The molecule has 0 atom stereocenters. The van der Waals surface area contributed by atoms with Crippen LogP contribution in [0.15, 0.2) is 42.5 Å². The number of anilines is 1. The molecule has 0 bridgehead atoms. The number of carbonyl (C=O) groups is 2. The van der Waals surface area contributed by atoms with Gasteiger partial charge >= 0.3 is 0 Å². The highest BCUT2D eigenvalue weighted by atomic mass is 16.5. The third kappa shape index (κ3) is 6.10. The van der Waals surface area contributed by atoms with E-state index in [1.165, 1.54) is 6.08 Å². The van der Waals surface area contributed by atoms with E-state index < -0.39 is 0 Å². The van der Waals surface area contributed by atoms with Crippen molar-refractivity contribution in [1.29, 1.82) is 0 Å². The summed E-state index contributed by atoms with van der Waals surface area (Å²) >= 11 is 0. The topological polar surface area (TPSA) is 76.7 Å². The normalized spacial score (nSPS) is 10.6. The standard InChI is InChI=1S/C23H28N2O4/c1-5-6-14-29-20-12-10-17(15-21(20)28-4)11-13-22(26)25-19-9-7-8-18(16(19)2)23(27)24-3/h7-13,15H,5-6,14H2,1-4H3,(H,24,27)(H,25,26). The summed E-state index contributed by atoms with van der Waals surface area (Å²) in [5.74, 6) is 0.828. The number of rotatable bonds is 9. The first-order chi connectivity index (χ1) is 14.0. The van der Waals surface area contributed by atoms with Crippen molar-refractivity contribution >= 4 is 23.6 Å². The summed E-state index contributed by atoms with van der Waals surface area (Å²) in [4.78, 5) is 24.2. The van der Waals surface area contributed by atoms with Gasteiger partial charge in [-0.05, 0) is 54.8 Å². The predicted molar refractivity (Wildman–Crippen MR) is 116 cm³/mol. The van der Waals surface area contributed by atoms with Gasteiger partial charge in [-0.2, -0.15) is 0 Å². The van der Waals surface area contributed by atoms with Gasteiger partial charge in [0.25, 0.3) is 5.91 Å². The number of methoxy groups -OCH3 is 1. The van der Waals surface area contributed by atoms with E-state index in [1.807, 2.05) is 18.2 Å². The van der Waals surface area contributed by atoms with Gasteiger partial charge in [0, 0.05) is 24.4 Å². The molecular weight excluding hydrogens is 368 g/mol. The monoisotopic (exact) mass is 396 g/mol. The molecule has 0 fully saturated rings. The first kappa shape index (κ1) is 22.0. The number of carbonyl (C=O) groups excluding carboxylic acids is 2. The van der Waals surface area contributed by atoms with Crippen molar-refractivity contribution in [3.63, 3.8) is 0 Å². The molecule has 0 saturated heterocycles. The van der Waals surface area contributed by atoms with Crippen molar-refractivity contribution in [2.45, 2.75) is 26.7 Å². The highest BCUT2D eigenvalue weighted by Gasteiger charge is 2.11. The maximum atomic E-state index is 12.3. The summed E-state index contributed by atoms with van der Waals surface area (Å²) in [5, 5.41) is 5.41. The fourth-order valence-electron chi connectivity index (χ4n) is 2.73. The minimum Gasteiger partial charge on any atom is -0.493 e. The summed E-state index contributed by atoms with van der Waals surface area (Å²) in [5.41, 5.74) is 2.65. The predicted octanol–water partition coefficient (Wildman–Crippen LogP) is 4.19. The first-order valence-electron chi connectivity index (χ1n) is 9.61. The molecule has 0 radical (unpaired) electrons. The Balaban J connectivity index is 2.08. The van der Waals surface area contributed by atoms with Crippen LogP contribution < -0.4 is 20.1 Å². The van der Waals surface area contributed by atoms with Crippen LogP contribution in [0.1, 0.15) is 41.3 Å². The number of benzene rings is 2. The fourth-order valence-corrected chi connectivity index (χ4v) is 2.73. The maximum Gasteiger partial charge on any atom is 0.251 e. The Morgan fingerprint density at radius 1 is 1.14 bits per heavy atom. The Hall–Kier alpha value is -3.28. The van der Waals surface area contributed by atoms with Gasteiger partial charge in [-0.3, -0.25) is 9.59 Å². The highest BCUT2D eigenvalue weighted by molar-refractivity contribution is 6.04. The summed E-state index contributed by atoms with van der Waals surface area (Å²) < 4.78 is 11.1. The van der Waals surface area contributed by atoms with Gasteiger partial charge in [0.2, 0.25) is 5.91 Å². The molecule has 0 aromatic heterocycles. The fraction of sp³-hybridized carbons (Fsp3) is 0.304. The van der Waals surface area contributed by atoms with Crippen molar-refractivity contribution < 1.29 is 19.1 Å². The number of ether oxygens (including phenoxy) is 2. The summed E-state index contributed by atoms with van der Waals surface area (Å²) in [6.45, 7) is 4.54. The molecule has 0 saturated carbocycles. The Labute approximate surface area is 171 Å². The molecule has 2 rings (SSSR count). The van der Waals surface area contributed by atoms with E-state index >= 15 is 0 Å². The van der Waals surface area contributed by atoms with E-state index in [-0.39, 0.29) is 11.8 Å². The lowest BCUT2D eigenvalue weighted by Gasteiger charge is -2.11. The molecule has 2 aromatic rings. The average Bonchev–Trinajstić information content (AvgIpc) is 2.74. The van der Waals surface area contributed by atoms with Crippen LogP contribution in [-0.4, -0.2) is 32.6 Å². The largest absolute Gasteiger partial charge is 0.493 e. The van der Waals surface area contributed by atoms with Crippen LogP contribution >= 0.6 is 0 Å². The molecule has 0 aliphatic heterocycles. The van der Waals surface area contributed by atoms with E-state index in [0.717, 1.165) is 18.4 Å². The molecule has 2 amide bonds. The van der Waals surface area contributed by atoms with Crippen LogP contribution in [0.2, 0.25) is 0 Å². The zero-order valence-electron chi connectivity index (χ0n) is 17.4. The molecule has 0 aliphatic rings. The van der Waals surface area contributed by atoms with Crippen LogP contribution in [0.25, 0.3) is 6.08 Å². The molecule has 0 heterocycles. The van der Waals surface area contributed by atoms with Gasteiger partial charge in [0.05, 0.1) is 13.7 Å². The van der Waals surface area contributed by atoms with Gasteiger partial charge < -0.3 is 20.1 Å². The quantitative estimate of drug-likeness (QED) is 0.492. The molecule has 0 aliphatic carbocycles. The molecule has 2 aromatic carbocycles. The number of nitrogens with one attached hydrogen (secondary N) is 2. The zero-order chi connectivity index (χ0) is 21.2. The van der Waals surface area contributed by atoms with Crippen LogP contribution in [-0.2, 0) is 4.79 Å². The number of amides is 2. The van der Waals surface area contributed by atoms with Crippen molar-refractivity contribution in [3.8, 4) is 11.5 Å². The van der Waals surface area contributed by atoms with Gasteiger partial charge in [-0.1, -0.05) is 25.5 Å². The van der Waals surface area contributed by atoms with Gasteiger partial charge in [-0.25, -0.2) is 0 Å². The molecule has 154 valence electrons. The van der Waals surface area contributed by atoms with Crippen LogP contribution in [0.3, 0.4) is 0 Å². The maximum absolute atomic E-state index is 12.3. The van der Waals surface area contributed by atoms with Crippen molar-refractivity contribution in [2.75, 3.05) is 26.1 Å². The van der Waals surface area contributed by atoms with Crippen molar-refractivity contribution in [3.05, 3.63) is 59.2 Å². The lowest BCUT2D eigenvalue weighted by molar-refractivity contribution is -0.111. The lowest BCUT2D eigenvalue weighted by Crippen LogP contribution is -2.20. The molecule has 6 nitrogen and oxygen atoms in total. The molecular formula is C23H28N2O4. The number of hydrogen-bond donors (Lipinski definition) is 2. The lowest BCUT2D eigenvalue weighted by atomic mass is 10.1. The van der Waals surface area contributed by atoms with E-state index in [4.69, 9.17) is 9.47 Å². The molecule has 2 N–H and O–H groups in total. The molecule has 6 heteroatoms. The van der Waals surface area contributed by atoms with E-state index in [9.17, 15) is 9.59 Å².